The largest absolute Gasteiger partial charge is 0.454 e. The number of anilines is 1. The Morgan fingerprint density at radius 1 is 1.08 bits per heavy atom. The number of nitrogens with zero attached hydrogens (tertiary/aromatic N) is 2. The van der Waals surface area contributed by atoms with E-state index in [0.29, 0.717) is 17.2 Å². The highest BCUT2D eigenvalue weighted by Crippen LogP contribution is 2.36. The number of hydrogen-bond donors (Lipinski definition) is 1. The van der Waals surface area contributed by atoms with E-state index < -0.39 is 16.1 Å². The van der Waals surface area contributed by atoms with Gasteiger partial charge < -0.3 is 19.7 Å². The van der Waals surface area contributed by atoms with E-state index in [1.54, 1.807) is 30.0 Å². The maximum absolute atomic E-state index is 13.4. The Labute approximate surface area is 219 Å². The second-order valence-corrected chi connectivity index (χ2v) is 11.4. The Hall–Kier alpha value is -3.27. The van der Waals surface area contributed by atoms with Crippen molar-refractivity contribution in [3.05, 3.63) is 53.6 Å². The fourth-order valence-electron chi connectivity index (χ4n) is 4.10. The SMILES string of the molecule is CCC(C)NC(=O)C(C)N(Cc1cccc(C)c1)C(=O)CCCN(c1ccc2c(c1)OCO2)S(C)(=O)=O. The third kappa shape index (κ3) is 7.61. The van der Waals surface area contributed by atoms with E-state index in [4.69, 9.17) is 9.47 Å². The van der Waals surface area contributed by atoms with Crippen LogP contribution in [0.1, 0.15) is 51.2 Å². The van der Waals surface area contributed by atoms with Gasteiger partial charge in [0.15, 0.2) is 11.5 Å². The normalized spacial score (nSPS) is 14.1. The summed E-state index contributed by atoms with van der Waals surface area (Å²) in [7, 11) is -3.61. The van der Waals surface area contributed by atoms with Crippen molar-refractivity contribution in [1.82, 2.24) is 10.2 Å². The molecule has 0 aromatic heterocycles. The summed E-state index contributed by atoms with van der Waals surface area (Å²) in [6.07, 6.45) is 2.28. The summed E-state index contributed by atoms with van der Waals surface area (Å²) >= 11 is 0. The summed E-state index contributed by atoms with van der Waals surface area (Å²) in [6.45, 7) is 8.09. The molecule has 0 radical (unpaired) electrons. The van der Waals surface area contributed by atoms with Gasteiger partial charge in [0.05, 0.1) is 11.9 Å². The monoisotopic (exact) mass is 531 g/mol. The number of hydrogen-bond acceptors (Lipinski definition) is 6. The minimum atomic E-state index is -3.61. The lowest BCUT2D eigenvalue weighted by Crippen LogP contribution is -2.49. The van der Waals surface area contributed by atoms with E-state index in [9.17, 15) is 18.0 Å². The Kier molecular flexibility index (Phi) is 9.42. The van der Waals surface area contributed by atoms with Crippen molar-refractivity contribution in [1.29, 1.82) is 0 Å². The van der Waals surface area contributed by atoms with E-state index >= 15 is 0 Å². The van der Waals surface area contributed by atoms with Gasteiger partial charge in [-0.05, 0) is 51.3 Å². The maximum atomic E-state index is 13.4. The third-order valence-corrected chi connectivity index (χ3v) is 7.59. The second kappa shape index (κ2) is 12.3. The van der Waals surface area contributed by atoms with Crippen LogP contribution in [0.4, 0.5) is 5.69 Å². The quantitative estimate of drug-likeness (QED) is 0.449. The highest BCUT2D eigenvalue weighted by Gasteiger charge is 2.27. The van der Waals surface area contributed by atoms with E-state index in [2.05, 4.69) is 5.32 Å². The fourth-order valence-corrected chi connectivity index (χ4v) is 5.06. The van der Waals surface area contributed by atoms with Crippen LogP contribution in [0.2, 0.25) is 0 Å². The molecule has 0 aliphatic carbocycles. The van der Waals surface area contributed by atoms with Gasteiger partial charge in [-0.25, -0.2) is 8.42 Å². The first-order valence-electron chi connectivity index (χ1n) is 12.5. The number of benzene rings is 2. The third-order valence-electron chi connectivity index (χ3n) is 6.40. The molecule has 10 heteroatoms. The maximum Gasteiger partial charge on any atom is 0.242 e. The van der Waals surface area contributed by atoms with E-state index in [1.165, 1.54) is 4.31 Å². The number of fused-ring (bicyclic) bond motifs is 1. The van der Waals surface area contributed by atoms with Gasteiger partial charge in [-0.1, -0.05) is 36.8 Å². The number of ether oxygens (including phenoxy) is 2. The molecular weight excluding hydrogens is 494 g/mol. The molecule has 3 rings (SSSR count). The van der Waals surface area contributed by atoms with Crippen LogP contribution in [-0.2, 0) is 26.2 Å². The van der Waals surface area contributed by atoms with Crippen molar-refractivity contribution in [2.75, 3.05) is 23.9 Å². The predicted molar refractivity (Wildman–Crippen MR) is 143 cm³/mol. The van der Waals surface area contributed by atoms with Gasteiger partial charge >= 0.3 is 0 Å². The van der Waals surface area contributed by atoms with Crippen LogP contribution in [0.5, 0.6) is 11.5 Å². The minimum absolute atomic E-state index is 0.00380. The molecular formula is C27H37N3O6S. The van der Waals surface area contributed by atoms with Crippen LogP contribution in [0.15, 0.2) is 42.5 Å². The summed E-state index contributed by atoms with van der Waals surface area (Å²) in [5.41, 5.74) is 2.43. The summed E-state index contributed by atoms with van der Waals surface area (Å²) in [5.74, 6) is 0.609. The number of nitrogens with one attached hydrogen (secondary N) is 1. The summed E-state index contributed by atoms with van der Waals surface area (Å²) in [4.78, 5) is 27.9. The molecule has 0 bridgehead atoms. The zero-order chi connectivity index (χ0) is 27.2. The van der Waals surface area contributed by atoms with E-state index in [0.717, 1.165) is 23.8 Å². The van der Waals surface area contributed by atoms with Crippen LogP contribution < -0.4 is 19.1 Å². The van der Waals surface area contributed by atoms with Gasteiger partial charge in [0.2, 0.25) is 28.6 Å². The van der Waals surface area contributed by atoms with E-state index in [-0.39, 0.29) is 50.6 Å². The molecule has 1 N–H and O–H groups in total. The molecule has 1 heterocycles. The lowest BCUT2D eigenvalue weighted by Gasteiger charge is -2.30. The molecule has 37 heavy (non-hydrogen) atoms. The Morgan fingerprint density at radius 3 is 2.49 bits per heavy atom. The lowest BCUT2D eigenvalue weighted by molar-refractivity contribution is -0.140. The molecule has 2 aromatic rings. The van der Waals surface area contributed by atoms with Crippen molar-refractivity contribution >= 4 is 27.5 Å². The Bertz CT molecular complexity index is 1220. The minimum Gasteiger partial charge on any atom is -0.454 e. The van der Waals surface area contributed by atoms with Crippen molar-refractivity contribution in [3.8, 4) is 11.5 Å². The van der Waals surface area contributed by atoms with Crippen LogP contribution in [0, 0.1) is 6.92 Å². The summed E-state index contributed by atoms with van der Waals surface area (Å²) < 4.78 is 37.1. The molecule has 1 aliphatic heterocycles. The molecule has 202 valence electrons. The molecule has 2 atom stereocenters. The number of aryl methyl sites for hydroxylation is 1. The number of sulfonamides is 1. The first-order chi connectivity index (χ1) is 17.5. The average molecular weight is 532 g/mol. The van der Waals surface area contributed by atoms with Gasteiger partial charge in [-0.15, -0.1) is 0 Å². The van der Waals surface area contributed by atoms with Crippen molar-refractivity contribution in [2.24, 2.45) is 0 Å². The highest BCUT2D eigenvalue weighted by molar-refractivity contribution is 7.92. The van der Waals surface area contributed by atoms with Crippen LogP contribution in [0.3, 0.4) is 0 Å². The van der Waals surface area contributed by atoms with Gasteiger partial charge in [0, 0.05) is 31.6 Å². The number of carbonyl (C=O) groups is 2. The number of amides is 2. The van der Waals surface area contributed by atoms with Gasteiger partial charge in [-0.2, -0.15) is 0 Å². The number of carbonyl (C=O) groups excluding carboxylic acids is 2. The predicted octanol–water partition coefficient (Wildman–Crippen LogP) is 3.60. The van der Waals surface area contributed by atoms with Crippen LogP contribution in [0.25, 0.3) is 0 Å². The van der Waals surface area contributed by atoms with Gasteiger partial charge in [0.25, 0.3) is 0 Å². The first-order valence-corrected chi connectivity index (χ1v) is 14.4. The van der Waals surface area contributed by atoms with Crippen molar-refractivity contribution in [2.45, 2.75) is 65.6 Å². The standard InChI is InChI=1S/C27H37N3O6S/c1-6-20(3)28-27(32)21(4)29(17-22-10-7-9-19(2)15-22)26(31)11-8-14-30(37(5,33)34)23-12-13-24-25(16-23)36-18-35-24/h7,9-10,12-13,15-16,20-21H,6,8,11,14,17-18H2,1-5H3,(H,28,32). The molecule has 2 amide bonds. The fraction of sp³-hybridized carbons (Fsp3) is 0.481. The molecule has 0 spiro atoms. The van der Waals surface area contributed by atoms with E-state index in [1.807, 2.05) is 45.0 Å². The smallest absolute Gasteiger partial charge is 0.242 e. The van der Waals surface area contributed by atoms with Crippen LogP contribution >= 0.6 is 0 Å². The lowest BCUT2D eigenvalue weighted by atomic mass is 10.1. The Balaban J connectivity index is 1.73. The molecule has 0 saturated heterocycles. The summed E-state index contributed by atoms with van der Waals surface area (Å²) in [5, 5.41) is 2.96. The van der Waals surface area contributed by atoms with Crippen molar-refractivity contribution < 1.29 is 27.5 Å². The van der Waals surface area contributed by atoms with Gasteiger partial charge in [-0.3, -0.25) is 13.9 Å². The Morgan fingerprint density at radius 2 is 1.81 bits per heavy atom. The highest BCUT2D eigenvalue weighted by atomic mass is 32.2. The second-order valence-electron chi connectivity index (χ2n) is 9.48. The molecule has 1 aliphatic rings. The zero-order valence-electron chi connectivity index (χ0n) is 22.2. The molecule has 2 unspecified atom stereocenters. The van der Waals surface area contributed by atoms with Gasteiger partial charge in [0.1, 0.15) is 6.04 Å². The zero-order valence-corrected chi connectivity index (χ0v) is 23.0. The average Bonchev–Trinajstić information content (AvgIpc) is 3.31. The molecule has 0 saturated carbocycles. The molecule has 9 nitrogen and oxygen atoms in total. The summed E-state index contributed by atoms with van der Waals surface area (Å²) in [6, 6.07) is 12.1. The molecule has 2 aromatic carbocycles. The first kappa shape index (κ1) is 28.3. The van der Waals surface area contributed by atoms with Crippen LogP contribution in [-0.4, -0.2) is 56.8 Å². The topological polar surface area (TPSA) is 105 Å². The number of rotatable bonds is 12. The van der Waals surface area contributed by atoms with Crippen molar-refractivity contribution in [3.63, 3.8) is 0 Å². The molecule has 0 fully saturated rings.